The van der Waals surface area contributed by atoms with Crippen molar-refractivity contribution in [3.05, 3.63) is 29.8 Å². The van der Waals surface area contributed by atoms with Crippen LogP contribution < -0.4 is 10.1 Å². The summed E-state index contributed by atoms with van der Waals surface area (Å²) in [5.41, 5.74) is 1.23. The minimum atomic E-state index is 0.323. The molecule has 2 nitrogen and oxygen atoms in total. The number of aryl methyl sites for hydroxylation is 1. The van der Waals surface area contributed by atoms with E-state index < -0.39 is 0 Å². The number of nitrogens with one attached hydrogen (secondary N) is 1. The average molecular weight is 233 g/mol. The number of para-hydroxylation sites is 1. The molecule has 1 aliphatic carbocycles. The summed E-state index contributed by atoms with van der Waals surface area (Å²) >= 11 is 0. The van der Waals surface area contributed by atoms with Crippen molar-refractivity contribution in [2.45, 2.75) is 51.2 Å². The third-order valence-corrected chi connectivity index (χ3v) is 3.70. The van der Waals surface area contributed by atoms with E-state index in [4.69, 9.17) is 4.74 Å². The number of benzene rings is 1. The second kappa shape index (κ2) is 6.06. The van der Waals surface area contributed by atoms with Gasteiger partial charge in [0.05, 0.1) is 0 Å². The Hall–Kier alpha value is -1.02. The van der Waals surface area contributed by atoms with Crippen LogP contribution in [-0.2, 0) is 0 Å². The van der Waals surface area contributed by atoms with Crippen molar-refractivity contribution in [3.8, 4) is 5.75 Å². The molecule has 0 saturated heterocycles. The Morgan fingerprint density at radius 1 is 1.12 bits per heavy atom. The summed E-state index contributed by atoms with van der Waals surface area (Å²) in [4.78, 5) is 0. The molecule has 2 unspecified atom stereocenters. The van der Waals surface area contributed by atoms with Crippen LogP contribution in [0.4, 0.5) is 0 Å². The van der Waals surface area contributed by atoms with Crippen LogP contribution in [0.25, 0.3) is 0 Å². The van der Waals surface area contributed by atoms with Crippen LogP contribution in [0.15, 0.2) is 24.3 Å². The summed E-state index contributed by atoms with van der Waals surface area (Å²) in [6.45, 7) is 2.11. The molecular formula is C15H23NO. The number of ether oxygens (including phenoxy) is 1. The summed E-state index contributed by atoms with van der Waals surface area (Å²) in [5.74, 6) is 1.04. The maximum absolute atomic E-state index is 6.21. The van der Waals surface area contributed by atoms with Gasteiger partial charge >= 0.3 is 0 Å². The zero-order valence-electron chi connectivity index (χ0n) is 10.9. The molecule has 0 aliphatic heterocycles. The number of likely N-dealkylation sites (N-methyl/N-ethyl adjacent to an activating group) is 1. The molecule has 1 saturated carbocycles. The zero-order chi connectivity index (χ0) is 12.1. The standard InChI is InChI=1S/C15H23NO/c1-12-8-6-7-10-14(12)17-15-11-5-3-4-9-13(15)16-2/h6-8,10,13,15-16H,3-5,9,11H2,1-2H3. The summed E-state index contributed by atoms with van der Waals surface area (Å²) in [6.07, 6.45) is 6.66. The van der Waals surface area contributed by atoms with Gasteiger partial charge in [0.1, 0.15) is 11.9 Å². The van der Waals surface area contributed by atoms with Crippen LogP contribution in [0.5, 0.6) is 5.75 Å². The first-order chi connectivity index (χ1) is 8.31. The largest absolute Gasteiger partial charge is 0.489 e. The lowest BCUT2D eigenvalue weighted by molar-refractivity contribution is 0.148. The fourth-order valence-corrected chi connectivity index (χ4v) is 2.60. The molecule has 94 valence electrons. The summed E-state index contributed by atoms with van der Waals surface area (Å²) < 4.78 is 6.21. The Morgan fingerprint density at radius 2 is 1.88 bits per heavy atom. The molecule has 1 fully saturated rings. The quantitative estimate of drug-likeness (QED) is 0.809. The second-order valence-electron chi connectivity index (χ2n) is 4.95. The predicted molar refractivity (Wildman–Crippen MR) is 71.5 cm³/mol. The van der Waals surface area contributed by atoms with Gasteiger partial charge in [-0.05, 0) is 44.9 Å². The molecule has 1 aromatic rings. The van der Waals surface area contributed by atoms with E-state index >= 15 is 0 Å². The third kappa shape index (κ3) is 3.22. The maximum Gasteiger partial charge on any atom is 0.122 e. The van der Waals surface area contributed by atoms with Crippen LogP contribution in [0.2, 0.25) is 0 Å². The summed E-state index contributed by atoms with van der Waals surface area (Å²) in [5, 5.41) is 3.41. The highest BCUT2D eigenvalue weighted by Crippen LogP contribution is 2.25. The second-order valence-corrected chi connectivity index (χ2v) is 4.95. The van der Waals surface area contributed by atoms with E-state index in [0.29, 0.717) is 12.1 Å². The summed E-state index contributed by atoms with van der Waals surface area (Å²) in [6, 6.07) is 8.79. The SMILES string of the molecule is CNC1CCCCCC1Oc1ccccc1C. The molecule has 0 aromatic heterocycles. The molecule has 0 spiro atoms. The van der Waals surface area contributed by atoms with Crippen molar-refractivity contribution < 1.29 is 4.74 Å². The third-order valence-electron chi connectivity index (χ3n) is 3.70. The monoisotopic (exact) mass is 233 g/mol. The van der Waals surface area contributed by atoms with Gasteiger partial charge in [-0.25, -0.2) is 0 Å². The normalized spacial score (nSPS) is 25.3. The van der Waals surface area contributed by atoms with Gasteiger partial charge in [-0.15, -0.1) is 0 Å². The highest BCUT2D eigenvalue weighted by molar-refractivity contribution is 5.32. The Kier molecular flexibility index (Phi) is 4.43. The number of hydrogen-bond acceptors (Lipinski definition) is 2. The highest BCUT2D eigenvalue weighted by Gasteiger charge is 2.24. The van der Waals surface area contributed by atoms with E-state index in [-0.39, 0.29) is 0 Å². The van der Waals surface area contributed by atoms with Crippen LogP contribution >= 0.6 is 0 Å². The van der Waals surface area contributed by atoms with Gasteiger partial charge in [-0.1, -0.05) is 31.0 Å². The molecular weight excluding hydrogens is 210 g/mol. The van der Waals surface area contributed by atoms with Crippen molar-refractivity contribution in [3.63, 3.8) is 0 Å². The molecule has 0 amide bonds. The highest BCUT2D eigenvalue weighted by atomic mass is 16.5. The average Bonchev–Trinajstić information content (AvgIpc) is 2.57. The zero-order valence-corrected chi connectivity index (χ0v) is 10.9. The first-order valence-electron chi connectivity index (χ1n) is 6.71. The molecule has 0 radical (unpaired) electrons. The molecule has 17 heavy (non-hydrogen) atoms. The van der Waals surface area contributed by atoms with Gasteiger partial charge in [-0.3, -0.25) is 0 Å². The first-order valence-corrected chi connectivity index (χ1v) is 6.71. The lowest BCUT2D eigenvalue weighted by atomic mass is 10.1. The van der Waals surface area contributed by atoms with Crippen molar-refractivity contribution in [2.75, 3.05) is 7.05 Å². The van der Waals surface area contributed by atoms with Gasteiger partial charge < -0.3 is 10.1 Å². The number of hydrogen-bond donors (Lipinski definition) is 1. The van der Waals surface area contributed by atoms with Crippen molar-refractivity contribution in [2.24, 2.45) is 0 Å². The molecule has 2 rings (SSSR count). The van der Waals surface area contributed by atoms with Gasteiger partial charge in [0.15, 0.2) is 0 Å². The Labute approximate surface area is 104 Å². The summed E-state index contributed by atoms with van der Waals surface area (Å²) in [7, 11) is 2.05. The van der Waals surface area contributed by atoms with Crippen LogP contribution in [0.3, 0.4) is 0 Å². The van der Waals surface area contributed by atoms with Crippen molar-refractivity contribution in [1.82, 2.24) is 5.32 Å². The first kappa shape index (κ1) is 12.4. The molecule has 1 N–H and O–H groups in total. The van der Waals surface area contributed by atoms with Gasteiger partial charge in [0, 0.05) is 6.04 Å². The van der Waals surface area contributed by atoms with Gasteiger partial charge in [0.2, 0.25) is 0 Å². The van der Waals surface area contributed by atoms with E-state index in [9.17, 15) is 0 Å². The van der Waals surface area contributed by atoms with Gasteiger partial charge in [0.25, 0.3) is 0 Å². The Balaban J connectivity index is 2.07. The van der Waals surface area contributed by atoms with E-state index in [1.165, 1.54) is 37.7 Å². The topological polar surface area (TPSA) is 21.3 Å². The molecule has 1 aromatic carbocycles. The lowest BCUT2D eigenvalue weighted by Crippen LogP contribution is -2.40. The van der Waals surface area contributed by atoms with E-state index in [2.05, 4.69) is 30.4 Å². The van der Waals surface area contributed by atoms with Crippen LogP contribution in [-0.4, -0.2) is 19.2 Å². The molecule has 0 heterocycles. The fourth-order valence-electron chi connectivity index (χ4n) is 2.60. The maximum atomic E-state index is 6.21. The smallest absolute Gasteiger partial charge is 0.122 e. The van der Waals surface area contributed by atoms with E-state index in [0.717, 1.165) is 5.75 Å². The molecule has 1 aliphatic rings. The Morgan fingerprint density at radius 3 is 2.65 bits per heavy atom. The van der Waals surface area contributed by atoms with Crippen LogP contribution in [0, 0.1) is 6.92 Å². The minimum absolute atomic E-state index is 0.323. The van der Waals surface area contributed by atoms with E-state index in [1.807, 2.05) is 13.1 Å². The Bertz CT molecular complexity index is 351. The van der Waals surface area contributed by atoms with Crippen LogP contribution in [0.1, 0.15) is 37.7 Å². The fraction of sp³-hybridized carbons (Fsp3) is 0.600. The van der Waals surface area contributed by atoms with Crippen molar-refractivity contribution >= 4 is 0 Å². The number of rotatable bonds is 3. The lowest BCUT2D eigenvalue weighted by Gasteiger charge is -2.26. The molecule has 2 heteroatoms. The van der Waals surface area contributed by atoms with Crippen molar-refractivity contribution in [1.29, 1.82) is 0 Å². The predicted octanol–water partition coefficient (Wildman–Crippen LogP) is 3.29. The van der Waals surface area contributed by atoms with E-state index in [1.54, 1.807) is 0 Å². The van der Waals surface area contributed by atoms with Gasteiger partial charge in [-0.2, -0.15) is 0 Å². The molecule has 2 atom stereocenters. The minimum Gasteiger partial charge on any atom is -0.489 e. The molecule has 0 bridgehead atoms.